The van der Waals surface area contributed by atoms with Crippen molar-refractivity contribution in [1.29, 1.82) is 0 Å². The summed E-state index contributed by atoms with van der Waals surface area (Å²) in [5.41, 5.74) is 2.14. The second kappa shape index (κ2) is 8.04. The van der Waals surface area contributed by atoms with Crippen molar-refractivity contribution in [2.24, 2.45) is 0 Å². The van der Waals surface area contributed by atoms with Gasteiger partial charge in [-0.2, -0.15) is 0 Å². The fourth-order valence-corrected chi connectivity index (χ4v) is 2.48. The topological polar surface area (TPSA) is 47.0 Å². The molecule has 0 amide bonds. The Bertz CT molecular complexity index is 706. The van der Waals surface area contributed by atoms with E-state index in [1.807, 2.05) is 32.1 Å². The number of ether oxygens (including phenoxy) is 1. The molecular weight excluding hydrogens is 317 g/mol. The van der Waals surface area contributed by atoms with Crippen LogP contribution < -0.4 is 5.32 Å². The Labute approximate surface area is 140 Å². The number of hydrogen-bond donors (Lipinski definition) is 1. The zero-order valence-electron chi connectivity index (χ0n) is 13.3. The Morgan fingerprint density at radius 1 is 1.43 bits per heavy atom. The molecule has 0 bridgehead atoms. The number of hydrogen-bond acceptors (Lipinski definition) is 4. The monoisotopic (exact) mass is 335 g/mol. The van der Waals surface area contributed by atoms with Crippen molar-refractivity contribution in [2.45, 2.75) is 19.9 Å². The van der Waals surface area contributed by atoms with E-state index in [0.717, 1.165) is 11.1 Å². The molecule has 1 atom stereocenters. The van der Waals surface area contributed by atoms with Crippen LogP contribution in [0.2, 0.25) is 5.28 Å². The van der Waals surface area contributed by atoms with Crippen LogP contribution in [-0.4, -0.2) is 23.7 Å². The third-order valence-corrected chi connectivity index (χ3v) is 3.55. The Morgan fingerprint density at radius 3 is 2.91 bits per heavy atom. The first kappa shape index (κ1) is 17.4. The molecule has 0 spiro atoms. The molecule has 0 radical (unpaired) electrons. The molecule has 0 fully saturated rings. The number of methoxy groups -OCH3 is 1. The van der Waals surface area contributed by atoms with Gasteiger partial charge in [-0.1, -0.05) is 24.3 Å². The van der Waals surface area contributed by atoms with Crippen molar-refractivity contribution < 1.29 is 9.13 Å². The molecular formula is C17H19ClFN3O. The van der Waals surface area contributed by atoms with Crippen molar-refractivity contribution in [1.82, 2.24) is 9.97 Å². The Morgan fingerprint density at radius 2 is 2.22 bits per heavy atom. The van der Waals surface area contributed by atoms with Crippen molar-refractivity contribution >= 4 is 23.5 Å². The van der Waals surface area contributed by atoms with Gasteiger partial charge in [0.2, 0.25) is 5.28 Å². The summed E-state index contributed by atoms with van der Waals surface area (Å²) in [7, 11) is 1.57. The molecule has 1 unspecified atom stereocenters. The highest BCUT2D eigenvalue weighted by molar-refractivity contribution is 6.28. The fraction of sp³-hybridized carbons (Fsp3) is 0.294. The van der Waals surface area contributed by atoms with Crippen LogP contribution in [0.5, 0.6) is 0 Å². The third-order valence-electron chi connectivity index (χ3n) is 3.37. The number of anilines is 1. The van der Waals surface area contributed by atoms with Gasteiger partial charge in [-0.3, -0.25) is 0 Å². The molecule has 1 heterocycles. The lowest BCUT2D eigenvalue weighted by Crippen LogP contribution is -2.20. The van der Waals surface area contributed by atoms with Crippen molar-refractivity contribution in [3.05, 3.63) is 58.3 Å². The second-order valence-corrected chi connectivity index (χ2v) is 5.40. The maximum Gasteiger partial charge on any atom is 0.224 e. The molecule has 23 heavy (non-hydrogen) atoms. The van der Waals surface area contributed by atoms with Crippen LogP contribution in [-0.2, 0) is 4.74 Å². The molecule has 0 aliphatic carbocycles. The first-order valence-corrected chi connectivity index (χ1v) is 7.60. The lowest BCUT2D eigenvalue weighted by molar-refractivity contribution is 0.185. The number of nitrogens with one attached hydrogen (secondary N) is 1. The predicted octanol–water partition coefficient (Wildman–Crippen LogP) is 4.41. The highest BCUT2D eigenvalue weighted by Gasteiger charge is 2.20. The van der Waals surface area contributed by atoms with Crippen LogP contribution >= 0.6 is 11.6 Å². The minimum Gasteiger partial charge on any atom is -0.382 e. The van der Waals surface area contributed by atoms with E-state index < -0.39 is 6.04 Å². The van der Waals surface area contributed by atoms with Crippen LogP contribution in [0.1, 0.15) is 29.7 Å². The van der Waals surface area contributed by atoms with Gasteiger partial charge >= 0.3 is 0 Å². The highest BCUT2D eigenvalue weighted by atomic mass is 35.5. The van der Waals surface area contributed by atoms with Crippen LogP contribution in [0, 0.1) is 12.7 Å². The zero-order valence-corrected chi connectivity index (χ0v) is 14.1. The average molecular weight is 336 g/mol. The summed E-state index contributed by atoms with van der Waals surface area (Å²) in [5.74, 6) is 0.259. The normalized spacial score (nSPS) is 12.6. The molecule has 0 saturated carbocycles. The van der Waals surface area contributed by atoms with Crippen molar-refractivity contribution in [2.75, 3.05) is 19.0 Å². The van der Waals surface area contributed by atoms with Gasteiger partial charge in [-0.25, -0.2) is 14.4 Å². The summed E-state index contributed by atoms with van der Waals surface area (Å²) in [4.78, 5) is 8.10. The van der Waals surface area contributed by atoms with Crippen LogP contribution in [0.4, 0.5) is 10.2 Å². The van der Waals surface area contributed by atoms with E-state index in [1.165, 1.54) is 6.07 Å². The van der Waals surface area contributed by atoms with Gasteiger partial charge in [0.15, 0.2) is 0 Å². The van der Waals surface area contributed by atoms with E-state index in [9.17, 15) is 4.39 Å². The van der Waals surface area contributed by atoms with E-state index in [-0.39, 0.29) is 17.7 Å². The second-order valence-electron chi connectivity index (χ2n) is 5.07. The van der Waals surface area contributed by atoms with E-state index in [0.29, 0.717) is 11.4 Å². The highest BCUT2D eigenvalue weighted by Crippen LogP contribution is 2.27. The number of benzene rings is 1. The number of allylic oxidation sites excluding steroid dienone is 1. The van der Waals surface area contributed by atoms with Crippen molar-refractivity contribution in [3.63, 3.8) is 0 Å². The molecule has 4 nitrogen and oxygen atoms in total. The van der Waals surface area contributed by atoms with E-state index in [1.54, 1.807) is 19.4 Å². The summed E-state index contributed by atoms with van der Waals surface area (Å²) in [6.07, 6.45) is 5.35. The number of halogens is 2. The Hall–Kier alpha value is -1.98. The van der Waals surface area contributed by atoms with Gasteiger partial charge in [0.1, 0.15) is 11.6 Å². The van der Waals surface area contributed by atoms with Gasteiger partial charge in [0, 0.05) is 24.4 Å². The van der Waals surface area contributed by atoms with E-state index in [4.69, 9.17) is 16.3 Å². The quantitative estimate of drug-likeness (QED) is 0.794. The molecule has 0 saturated heterocycles. The average Bonchev–Trinajstić information content (AvgIpc) is 2.51. The Balaban J connectivity index is 2.45. The number of aryl methyl sites for hydroxylation is 1. The molecule has 0 aliphatic heterocycles. The largest absolute Gasteiger partial charge is 0.382 e. The maximum atomic E-state index is 14.4. The molecule has 1 aromatic heterocycles. The summed E-state index contributed by atoms with van der Waals surface area (Å²) in [6.45, 7) is 4.03. The fourth-order valence-electron chi connectivity index (χ4n) is 2.34. The molecule has 0 aliphatic rings. The van der Waals surface area contributed by atoms with Gasteiger partial charge in [0.05, 0.1) is 12.6 Å². The van der Waals surface area contributed by atoms with Gasteiger partial charge in [-0.05, 0) is 37.1 Å². The molecule has 122 valence electrons. The summed E-state index contributed by atoms with van der Waals surface area (Å²) in [6, 6.07) is 4.58. The van der Waals surface area contributed by atoms with E-state index >= 15 is 0 Å². The van der Waals surface area contributed by atoms with Gasteiger partial charge in [0.25, 0.3) is 0 Å². The Kier molecular flexibility index (Phi) is 6.07. The van der Waals surface area contributed by atoms with Gasteiger partial charge in [-0.15, -0.1) is 0 Å². The minimum absolute atomic E-state index is 0.136. The molecule has 2 aromatic rings. The molecule has 2 rings (SSSR count). The van der Waals surface area contributed by atoms with Crippen LogP contribution in [0.15, 0.2) is 30.5 Å². The van der Waals surface area contributed by atoms with Gasteiger partial charge < -0.3 is 10.1 Å². The molecule has 1 N–H and O–H groups in total. The summed E-state index contributed by atoms with van der Waals surface area (Å²) >= 11 is 5.86. The number of rotatable bonds is 6. The van der Waals surface area contributed by atoms with Crippen LogP contribution in [0.3, 0.4) is 0 Å². The smallest absolute Gasteiger partial charge is 0.224 e. The van der Waals surface area contributed by atoms with Crippen LogP contribution in [0.25, 0.3) is 6.08 Å². The lowest BCUT2D eigenvalue weighted by Gasteiger charge is -2.22. The number of aromatic nitrogens is 2. The molecule has 1 aromatic carbocycles. The SMILES string of the molecule is CC=Cc1cccc(F)c1C(COC)Nc1nc(Cl)ncc1C. The first-order chi connectivity index (χ1) is 11.1. The van der Waals surface area contributed by atoms with Crippen molar-refractivity contribution in [3.8, 4) is 0 Å². The molecule has 6 heteroatoms. The van der Waals surface area contributed by atoms with E-state index in [2.05, 4.69) is 15.3 Å². The lowest BCUT2D eigenvalue weighted by atomic mass is 9.99. The minimum atomic E-state index is -0.405. The third kappa shape index (κ3) is 4.27. The first-order valence-electron chi connectivity index (χ1n) is 7.22. The zero-order chi connectivity index (χ0) is 16.8. The maximum absolute atomic E-state index is 14.4. The number of nitrogens with zero attached hydrogens (tertiary/aromatic N) is 2. The predicted molar refractivity (Wildman–Crippen MR) is 91.1 cm³/mol. The summed E-state index contributed by atoms with van der Waals surface area (Å²) in [5, 5.41) is 3.35. The standard InChI is InChI=1S/C17H19ClFN3O/c1-4-6-12-7-5-8-13(19)15(12)14(10-23-3)21-16-11(2)9-20-17(18)22-16/h4-9,14H,10H2,1-3H3,(H,20,21,22). The summed E-state index contributed by atoms with van der Waals surface area (Å²) < 4.78 is 19.7.